The van der Waals surface area contributed by atoms with Crippen LogP contribution in [0.5, 0.6) is 0 Å². The molecule has 15 heavy (non-hydrogen) atoms. The van der Waals surface area contributed by atoms with Gasteiger partial charge in [0.2, 0.25) is 0 Å². The number of carbonyl (C=O) groups is 3. The van der Waals surface area contributed by atoms with Crippen molar-refractivity contribution in [1.82, 2.24) is 0 Å². The summed E-state index contributed by atoms with van der Waals surface area (Å²) >= 11 is 0. The third kappa shape index (κ3) is 4.10. The van der Waals surface area contributed by atoms with Gasteiger partial charge >= 0.3 is 11.9 Å². The highest BCUT2D eigenvalue weighted by Crippen LogP contribution is 2.08. The highest BCUT2D eigenvalue weighted by atomic mass is 16.5. The van der Waals surface area contributed by atoms with Gasteiger partial charge in [-0.2, -0.15) is 0 Å². The monoisotopic (exact) mass is 216 g/mol. The van der Waals surface area contributed by atoms with E-state index in [1.54, 1.807) is 20.8 Å². The van der Waals surface area contributed by atoms with Crippen LogP contribution < -0.4 is 0 Å². The zero-order chi connectivity index (χ0) is 11.8. The molecule has 0 bridgehead atoms. The van der Waals surface area contributed by atoms with Gasteiger partial charge in [0.15, 0.2) is 0 Å². The highest BCUT2D eigenvalue weighted by Gasteiger charge is 2.32. The number of esters is 2. The average molecular weight is 216 g/mol. The Kier molecular flexibility index (Phi) is 6.33. The molecule has 0 saturated heterocycles. The molecule has 0 aromatic rings. The van der Waals surface area contributed by atoms with Crippen molar-refractivity contribution in [3.05, 3.63) is 0 Å². The van der Waals surface area contributed by atoms with Gasteiger partial charge in [0.05, 0.1) is 13.2 Å². The standard InChI is InChI=1S/C10H16O5/c1-4-7(9(12)14-5-2)8(11)10(13)15-6-3/h7H,4-6H2,1-3H3/t7-/m1/s1. The summed E-state index contributed by atoms with van der Waals surface area (Å²) in [5.41, 5.74) is 0. The average Bonchev–Trinajstić information content (AvgIpc) is 2.19. The Bertz CT molecular complexity index is 246. The maximum Gasteiger partial charge on any atom is 0.375 e. The van der Waals surface area contributed by atoms with Crippen molar-refractivity contribution in [2.45, 2.75) is 27.2 Å². The minimum absolute atomic E-state index is 0.115. The van der Waals surface area contributed by atoms with Crippen molar-refractivity contribution in [3.63, 3.8) is 0 Å². The van der Waals surface area contributed by atoms with Gasteiger partial charge in [-0.05, 0) is 20.3 Å². The van der Waals surface area contributed by atoms with Gasteiger partial charge in [-0.3, -0.25) is 9.59 Å². The lowest BCUT2D eigenvalue weighted by Gasteiger charge is -2.10. The molecule has 86 valence electrons. The fourth-order valence-corrected chi connectivity index (χ4v) is 1.05. The molecule has 0 saturated carbocycles. The molecule has 0 aromatic heterocycles. The largest absolute Gasteiger partial charge is 0.465 e. The van der Waals surface area contributed by atoms with E-state index < -0.39 is 23.6 Å². The third-order valence-corrected chi connectivity index (χ3v) is 1.77. The predicted molar refractivity (Wildman–Crippen MR) is 52.1 cm³/mol. The second-order valence-corrected chi connectivity index (χ2v) is 2.80. The van der Waals surface area contributed by atoms with Gasteiger partial charge in [0, 0.05) is 0 Å². The van der Waals surface area contributed by atoms with Crippen molar-refractivity contribution in [2.75, 3.05) is 13.2 Å². The lowest BCUT2D eigenvalue weighted by atomic mass is 10.0. The molecule has 0 radical (unpaired) electrons. The quantitative estimate of drug-likeness (QED) is 0.371. The summed E-state index contributed by atoms with van der Waals surface area (Å²) in [5, 5.41) is 0. The van der Waals surface area contributed by atoms with Crippen LogP contribution >= 0.6 is 0 Å². The van der Waals surface area contributed by atoms with E-state index in [-0.39, 0.29) is 19.6 Å². The molecule has 5 nitrogen and oxygen atoms in total. The van der Waals surface area contributed by atoms with Crippen molar-refractivity contribution in [2.24, 2.45) is 5.92 Å². The fraction of sp³-hybridized carbons (Fsp3) is 0.700. The summed E-state index contributed by atoms with van der Waals surface area (Å²) in [4.78, 5) is 33.8. The summed E-state index contributed by atoms with van der Waals surface area (Å²) in [7, 11) is 0. The summed E-state index contributed by atoms with van der Waals surface area (Å²) in [6, 6.07) is 0. The number of carbonyl (C=O) groups excluding carboxylic acids is 3. The van der Waals surface area contributed by atoms with Crippen LogP contribution in [0.2, 0.25) is 0 Å². The van der Waals surface area contributed by atoms with Crippen LogP contribution in [0.1, 0.15) is 27.2 Å². The molecular formula is C10H16O5. The number of ketones is 1. The van der Waals surface area contributed by atoms with Crippen LogP contribution in [-0.4, -0.2) is 30.9 Å². The van der Waals surface area contributed by atoms with E-state index in [1.165, 1.54) is 0 Å². The summed E-state index contributed by atoms with van der Waals surface area (Å²) in [6.45, 7) is 5.17. The van der Waals surface area contributed by atoms with Gasteiger partial charge in [0.1, 0.15) is 5.92 Å². The molecule has 0 N–H and O–H groups in total. The first-order chi connectivity index (χ1) is 7.08. The maximum absolute atomic E-state index is 11.4. The van der Waals surface area contributed by atoms with Crippen LogP contribution in [0.15, 0.2) is 0 Å². The Labute approximate surface area is 88.7 Å². The number of hydrogen-bond acceptors (Lipinski definition) is 5. The topological polar surface area (TPSA) is 69.7 Å². The smallest absolute Gasteiger partial charge is 0.375 e. The lowest BCUT2D eigenvalue weighted by molar-refractivity contribution is -0.162. The number of Topliss-reactive ketones (excluding diaryl/α,β-unsaturated/α-hetero) is 1. The molecule has 0 aliphatic heterocycles. The second kappa shape index (κ2) is 6.98. The Morgan fingerprint density at radius 3 is 1.93 bits per heavy atom. The Hall–Kier alpha value is -1.39. The van der Waals surface area contributed by atoms with E-state index in [4.69, 9.17) is 0 Å². The minimum Gasteiger partial charge on any atom is -0.465 e. The normalized spacial score (nSPS) is 11.7. The van der Waals surface area contributed by atoms with E-state index in [9.17, 15) is 14.4 Å². The first kappa shape index (κ1) is 13.6. The van der Waals surface area contributed by atoms with Gasteiger partial charge < -0.3 is 9.47 Å². The molecule has 0 amide bonds. The molecule has 0 aliphatic carbocycles. The van der Waals surface area contributed by atoms with E-state index in [2.05, 4.69) is 9.47 Å². The summed E-state index contributed by atoms with van der Waals surface area (Å²) in [5.74, 6) is -3.52. The van der Waals surface area contributed by atoms with Crippen LogP contribution in [0.3, 0.4) is 0 Å². The molecule has 0 unspecified atom stereocenters. The van der Waals surface area contributed by atoms with Crippen molar-refractivity contribution in [1.29, 1.82) is 0 Å². The van der Waals surface area contributed by atoms with Gasteiger partial charge in [-0.1, -0.05) is 6.92 Å². The van der Waals surface area contributed by atoms with E-state index in [0.717, 1.165) is 0 Å². The van der Waals surface area contributed by atoms with E-state index in [1.807, 2.05) is 0 Å². The van der Waals surface area contributed by atoms with E-state index in [0.29, 0.717) is 0 Å². The molecule has 0 fully saturated rings. The molecule has 0 spiro atoms. The molecule has 0 heterocycles. The van der Waals surface area contributed by atoms with Crippen molar-refractivity contribution in [3.8, 4) is 0 Å². The van der Waals surface area contributed by atoms with Crippen LogP contribution in [0.25, 0.3) is 0 Å². The van der Waals surface area contributed by atoms with Crippen molar-refractivity contribution >= 4 is 17.7 Å². The van der Waals surface area contributed by atoms with Crippen LogP contribution in [-0.2, 0) is 23.9 Å². The first-order valence-electron chi connectivity index (χ1n) is 4.95. The second-order valence-electron chi connectivity index (χ2n) is 2.80. The van der Waals surface area contributed by atoms with Crippen molar-refractivity contribution < 1.29 is 23.9 Å². The first-order valence-corrected chi connectivity index (χ1v) is 4.95. The molecule has 0 aromatic carbocycles. The molecule has 5 heteroatoms. The number of ether oxygens (including phenoxy) is 2. The summed E-state index contributed by atoms with van der Waals surface area (Å²) in [6.07, 6.45) is 0.233. The van der Waals surface area contributed by atoms with Gasteiger partial charge in [0.25, 0.3) is 5.78 Å². The molecule has 0 rings (SSSR count). The van der Waals surface area contributed by atoms with Gasteiger partial charge in [-0.15, -0.1) is 0 Å². The lowest BCUT2D eigenvalue weighted by Crippen LogP contribution is -2.32. The molecule has 0 aliphatic rings. The maximum atomic E-state index is 11.4. The Morgan fingerprint density at radius 2 is 1.53 bits per heavy atom. The minimum atomic E-state index is -1.04. The SMILES string of the molecule is CCOC(=O)C(=O)[C@@H](CC)C(=O)OCC. The number of rotatable bonds is 6. The van der Waals surface area contributed by atoms with Gasteiger partial charge in [-0.25, -0.2) is 4.79 Å². The zero-order valence-corrected chi connectivity index (χ0v) is 9.24. The zero-order valence-electron chi connectivity index (χ0n) is 9.24. The van der Waals surface area contributed by atoms with Crippen LogP contribution in [0.4, 0.5) is 0 Å². The Balaban J connectivity index is 4.46. The summed E-state index contributed by atoms with van der Waals surface area (Å²) < 4.78 is 9.20. The molecular weight excluding hydrogens is 200 g/mol. The number of hydrogen-bond donors (Lipinski definition) is 0. The predicted octanol–water partition coefficient (Wildman–Crippen LogP) is 0.708. The van der Waals surface area contributed by atoms with E-state index >= 15 is 0 Å². The van der Waals surface area contributed by atoms with Crippen LogP contribution in [0, 0.1) is 5.92 Å². The third-order valence-electron chi connectivity index (χ3n) is 1.77. The Morgan fingerprint density at radius 1 is 1.00 bits per heavy atom. The fourth-order valence-electron chi connectivity index (χ4n) is 1.05. The highest BCUT2D eigenvalue weighted by molar-refractivity contribution is 6.37. The molecule has 1 atom stereocenters.